The normalized spacial score (nSPS) is 22.1. The zero-order valence-corrected chi connectivity index (χ0v) is 21.9. The number of ether oxygens (including phenoxy) is 2. The first-order chi connectivity index (χ1) is 17.5. The summed E-state index contributed by atoms with van der Waals surface area (Å²) in [5.74, 6) is -0.250. The van der Waals surface area contributed by atoms with Crippen LogP contribution in [0.2, 0.25) is 0 Å². The van der Waals surface area contributed by atoms with Crippen molar-refractivity contribution in [2.45, 2.75) is 63.6 Å². The number of aliphatic hydroxyl groups is 2. The number of carbonyl (C=O) groups is 1. The number of likely N-dealkylation sites (N-methyl/N-ethyl adjacent to an activating group) is 1. The van der Waals surface area contributed by atoms with Crippen molar-refractivity contribution in [1.29, 1.82) is 0 Å². The molecule has 4 rings (SSSR count). The van der Waals surface area contributed by atoms with Crippen LogP contribution in [0.5, 0.6) is 0 Å². The Morgan fingerprint density at radius 1 is 1.16 bits per heavy atom. The molecule has 0 spiro atoms. The molecule has 0 bridgehead atoms. The summed E-state index contributed by atoms with van der Waals surface area (Å²) in [6.45, 7) is 7.55. The van der Waals surface area contributed by atoms with Crippen molar-refractivity contribution < 1.29 is 24.5 Å². The standard InChI is InChI=1S/C27H37N5O5/c1-27(2,3)18-8-5-17(6-9-18)7-10-21(33)36-14-13-31(4)15-20-23(34)24(35)26(37-20)32-16-30-22-19(28)11-12-29-25(22)32/h5-6,8-9,11-12,16,20,23-24,26,34-35H,7,10,13-15H2,1-4H3,(H2,28,29)/t20-,23-,24-,26-/m1/s1. The molecule has 4 atom stereocenters. The highest BCUT2D eigenvalue weighted by Gasteiger charge is 2.44. The molecule has 200 valence electrons. The van der Waals surface area contributed by atoms with Gasteiger partial charge in [0.05, 0.1) is 12.0 Å². The lowest BCUT2D eigenvalue weighted by Gasteiger charge is -2.22. The van der Waals surface area contributed by atoms with Crippen molar-refractivity contribution in [2.24, 2.45) is 0 Å². The third-order valence-electron chi connectivity index (χ3n) is 6.77. The largest absolute Gasteiger partial charge is 0.464 e. The Morgan fingerprint density at radius 2 is 1.89 bits per heavy atom. The average Bonchev–Trinajstić information content (AvgIpc) is 3.40. The van der Waals surface area contributed by atoms with E-state index in [0.717, 1.165) is 5.56 Å². The van der Waals surface area contributed by atoms with Crippen LogP contribution < -0.4 is 5.73 Å². The van der Waals surface area contributed by atoms with Crippen molar-refractivity contribution in [3.05, 3.63) is 54.0 Å². The summed E-state index contributed by atoms with van der Waals surface area (Å²) in [5.41, 5.74) is 9.87. The summed E-state index contributed by atoms with van der Waals surface area (Å²) < 4.78 is 13.0. The minimum atomic E-state index is -1.16. The second-order valence-corrected chi connectivity index (χ2v) is 10.7. The number of benzene rings is 1. The number of hydrogen-bond donors (Lipinski definition) is 3. The maximum absolute atomic E-state index is 12.2. The molecule has 0 unspecified atom stereocenters. The van der Waals surface area contributed by atoms with Crippen molar-refractivity contribution in [1.82, 2.24) is 19.4 Å². The molecule has 0 aliphatic carbocycles. The van der Waals surface area contributed by atoms with Crippen LogP contribution in [0.25, 0.3) is 11.2 Å². The number of hydrogen-bond acceptors (Lipinski definition) is 9. The third-order valence-corrected chi connectivity index (χ3v) is 6.77. The van der Waals surface area contributed by atoms with Crippen LogP contribution in [0, 0.1) is 0 Å². The van der Waals surface area contributed by atoms with Crippen LogP contribution in [0.15, 0.2) is 42.9 Å². The molecule has 0 saturated carbocycles. The molecule has 3 heterocycles. The number of pyridine rings is 1. The molecular formula is C27H37N5O5. The molecule has 4 N–H and O–H groups in total. The van der Waals surface area contributed by atoms with Crippen LogP contribution in [0.3, 0.4) is 0 Å². The lowest BCUT2D eigenvalue weighted by Crippen LogP contribution is -2.39. The van der Waals surface area contributed by atoms with E-state index in [2.05, 4.69) is 55.0 Å². The van der Waals surface area contributed by atoms with Gasteiger partial charge in [-0.2, -0.15) is 0 Å². The van der Waals surface area contributed by atoms with E-state index in [1.165, 1.54) is 11.9 Å². The smallest absolute Gasteiger partial charge is 0.306 e. The second-order valence-electron chi connectivity index (χ2n) is 10.7. The molecule has 1 fully saturated rings. The van der Waals surface area contributed by atoms with Gasteiger partial charge in [-0.15, -0.1) is 0 Å². The van der Waals surface area contributed by atoms with Gasteiger partial charge in [-0.1, -0.05) is 45.0 Å². The molecule has 10 nitrogen and oxygen atoms in total. The topological polar surface area (TPSA) is 136 Å². The number of anilines is 1. The van der Waals surface area contributed by atoms with Crippen molar-refractivity contribution in [2.75, 3.05) is 32.5 Å². The van der Waals surface area contributed by atoms with Crippen molar-refractivity contribution >= 4 is 22.8 Å². The van der Waals surface area contributed by atoms with E-state index >= 15 is 0 Å². The molecule has 37 heavy (non-hydrogen) atoms. The Kier molecular flexibility index (Phi) is 8.13. The predicted octanol–water partition coefficient (Wildman–Crippen LogP) is 2.04. The van der Waals surface area contributed by atoms with Crippen LogP contribution in [-0.2, 0) is 26.1 Å². The fourth-order valence-electron chi connectivity index (χ4n) is 4.45. The maximum atomic E-state index is 12.2. The monoisotopic (exact) mass is 511 g/mol. The highest BCUT2D eigenvalue weighted by molar-refractivity contribution is 5.83. The molecule has 2 aromatic heterocycles. The van der Waals surface area contributed by atoms with Crippen LogP contribution >= 0.6 is 0 Å². The molecule has 3 aromatic rings. The van der Waals surface area contributed by atoms with Gasteiger partial charge in [0.15, 0.2) is 11.9 Å². The van der Waals surface area contributed by atoms with Gasteiger partial charge >= 0.3 is 5.97 Å². The lowest BCUT2D eigenvalue weighted by atomic mass is 9.86. The van der Waals surface area contributed by atoms with Gasteiger partial charge in [-0.05, 0) is 36.1 Å². The molecule has 1 saturated heterocycles. The zero-order valence-electron chi connectivity index (χ0n) is 21.9. The van der Waals surface area contributed by atoms with E-state index in [-0.39, 0.29) is 18.0 Å². The van der Waals surface area contributed by atoms with E-state index < -0.39 is 24.5 Å². The predicted molar refractivity (Wildman–Crippen MR) is 140 cm³/mol. The number of nitrogens with two attached hydrogens (primary N) is 1. The molecular weight excluding hydrogens is 474 g/mol. The first kappa shape index (κ1) is 27.0. The minimum Gasteiger partial charge on any atom is -0.464 e. The Bertz CT molecular complexity index is 1210. The number of fused-ring (bicyclic) bond motifs is 1. The molecule has 1 aromatic carbocycles. The maximum Gasteiger partial charge on any atom is 0.306 e. The second kappa shape index (κ2) is 11.1. The molecule has 0 amide bonds. The summed E-state index contributed by atoms with van der Waals surface area (Å²) in [6, 6.07) is 9.99. The molecule has 10 heteroatoms. The highest BCUT2D eigenvalue weighted by atomic mass is 16.6. The third kappa shape index (κ3) is 6.27. The summed E-state index contributed by atoms with van der Waals surface area (Å²) in [6.07, 6.45) is 0.256. The Morgan fingerprint density at radius 3 is 2.59 bits per heavy atom. The number of aryl methyl sites for hydroxylation is 1. The number of aliphatic hydroxyl groups excluding tert-OH is 2. The van der Waals surface area contributed by atoms with Gasteiger partial charge in [-0.3, -0.25) is 9.36 Å². The number of nitrogen functional groups attached to an aromatic ring is 1. The number of nitrogens with zero attached hydrogens (tertiary/aromatic N) is 4. The fourth-order valence-corrected chi connectivity index (χ4v) is 4.45. The summed E-state index contributed by atoms with van der Waals surface area (Å²) in [5, 5.41) is 21.2. The SMILES string of the molecule is CN(CCOC(=O)CCc1ccc(C(C)(C)C)cc1)C[C@H]1O[C@@H](n2cnc3c(N)ccnc32)[C@H](O)[C@@H]1O. The summed E-state index contributed by atoms with van der Waals surface area (Å²) in [7, 11) is 1.84. The van der Waals surface area contributed by atoms with Gasteiger partial charge in [-0.25, -0.2) is 9.97 Å². The summed E-state index contributed by atoms with van der Waals surface area (Å²) in [4.78, 5) is 22.6. The average molecular weight is 512 g/mol. The number of imidazole rings is 1. The number of rotatable bonds is 9. The Labute approximate surface area is 217 Å². The van der Waals surface area contributed by atoms with Gasteiger partial charge < -0.3 is 30.3 Å². The van der Waals surface area contributed by atoms with Crippen molar-refractivity contribution in [3.63, 3.8) is 0 Å². The minimum absolute atomic E-state index is 0.0989. The zero-order chi connectivity index (χ0) is 26.7. The first-order valence-electron chi connectivity index (χ1n) is 12.6. The van der Waals surface area contributed by atoms with E-state index in [1.54, 1.807) is 16.8 Å². The fraction of sp³-hybridized carbons (Fsp3) is 0.519. The van der Waals surface area contributed by atoms with E-state index in [9.17, 15) is 15.0 Å². The van der Waals surface area contributed by atoms with Crippen LogP contribution in [0.1, 0.15) is 44.5 Å². The van der Waals surface area contributed by atoms with Gasteiger partial charge in [0.2, 0.25) is 0 Å². The van der Waals surface area contributed by atoms with Gasteiger partial charge in [0.25, 0.3) is 0 Å². The van der Waals surface area contributed by atoms with E-state index in [4.69, 9.17) is 15.2 Å². The van der Waals surface area contributed by atoms with E-state index in [1.807, 2.05) is 11.9 Å². The molecule has 0 radical (unpaired) electrons. The number of esters is 1. The highest BCUT2D eigenvalue weighted by Crippen LogP contribution is 2.32. The van der Waals surface area contributed by atoms with Crippen molar-refractivity contribution in [3.8, 4) is 0 Å². The quantitative estimate of drug-likeness (QED) is 0.369. The number of aromatic nitrogens is 3. The summed E-state index contributed by atoms with van der Waals surface area (Å²) >= 11 is 0. The molecule has 1 aliphatic heterocycles. The van der Waals surface area contributed by atoms with Gasteiger partial charge in [0.1, 0.15) is 30.4 Å². The number of carbonyl (C=O) groups excluding carboxylic acids is 1. The van der Waals surface area contributed by atoms with E-state index in [0.29, 0.717) is 42.8 Å². The van der Waals surface area contributed by atoms with Crippen LogP contribution in [0.4, 0.5) is 5.69 Å². The Balaban J connectivity index is 1.22. The lowest BCUT2D eigenvalue weighted by molar-refractivity contribution is -0.144. The Hall–Kier alpha value is -3.05. The first-order valence-corrected chi connectivity index (χ1v) is 12.6. The van der Waals surface area contributed by atoms with Crippen LogP contribution in [-0.4, -0.2) is 80.7 Å². The molecule has 1 aliphatic rings. The van der Waals surface area contributed by atoms with Gasteiger partial charge in [0, 0.05) is 25.7 Å².